The summed E-state index contributed by atoms with van der Waals surface area (Å²) >= 11 is 0. The number of rotatable bonds is 6. The molecule has 5 rings (SSSR count). The van der Waals surface area contributed by atoms with Crippen molar-refractivity contribution < 1.29 is 14.3 Å². The van der Waals surface area contributed by atoms with Gasteiger partial charge in [-0.25, -0.2) is 9.97 Å². The van der Waals surface area contributed by atoms with E-state index in [0.29, 0.717) is 22.9 Å². The molecule has 0 aliphatic carbocycles. The van der Waals surface area contributed by atoms with Crippen LogP contribution in [-0.2, 0) is 0 Å². The van der Waals surface area contributed by atoms with Gasteiger partial charge in [-0.2, -0.15) is 0 Å². The number of para-hydroxylation sites is 1. The zero-order chi connectivity index (χ0) is 23.5. The van der Waals surface area contributed by atoms with Crippen molar-refractivity contribution in [1.82, 2.24) is 9.97 Å². The van der Waals surface area contributed by atoms with E-state index in [1.165, 1.54) is 6.33 Å². The Hall–Kier alpha value is -4.65. The van der Waals surface area contributed by atoms with Gasteiger partial charge in [-0.05, 0) is 47.2 Å². The second-order valence-corrected chi connectivity index (χ2v) is 7.63. The fourth-order valence-electron chi connectivity index (χ4n) is 3.90. The number of carbonyl (C=O) groups is 1. The van der Waals surface area contributed by atoms with Crippen molar-refractivity contribution in [3.63, 3.8) is 0 Å². The van der Waals surface area contributed by atoms with Crippen LogP contribution >= 0.6 is 0 Å². The Morgan fingerprint density at radius 2 is 1.56 bits per heavy atom. The Bertz CT molecular complexity index is 1500. The molecule has 0 bridgehead atoms. The van der Waals surface area contributed by atoms with Crippen molar-refractivity contribution in [2.24, 2.45) is 0 Å². The summed E-state index contributed by atoms with van der Waals surface area (Å²) in [5.74, 6) is 1.69. The van der Waals surface area contributed by atoms with E-state index in [9.17, 15) is 4.79 Å². The van der Waals surface area contributed by atoms with Crippen molar-refractivity contribution >= 4 is 44.8 Å². The molecular formula is C27H22N4O3. The number of amides is 1. The molecule has 7 heteroatoms. The molecule has 168 valence electrons. The number of aromatic nitrogens is 2. The quantitative estimate of drug-likeness (QED) is 0.340. The van der Waals surface area contributed by atoms with Crippen LogP contribution < -0.4 is 20.1 Å². The van der Waals surface area contributed by atoms with Crippen LogP contribution in [0.3, 0.4) is 0 Å². The minimum absolute atomic E-state index is 0.152. The molecule has 1 amide bonds. The van der Waals surface area contributed by atoms with Gasteiger partial charge in [0.1, 0.15) is 12.1 Å². The Labute approximate surface area is 196 Å². The predicted molar refractivity (Wildman–Crippen MR) is 134 cm³/mol. The first kappa shape index (κ1) is 21.2. The highest BCUT2D eigenvalue weighted by Crippen LogP contribution is 2.35. The second-order valence-electron chi connectivity index (χ2n) is 7.63. The summed E-state index contributed by atoms with van der Waals surface area (Å²) in [7, 11) is 3.18. The van der Waals surface area contributed by atoms with E-state index in [-0.39, 0.29) is 5.91 Å². The van der Waals surface area contributed by atoms with E-state index in [0.717, 1.165) is 33.1 Å². The van der Waals surface area contributed by atoms with E-state index in [4.69, 9.17) is 9.47 Å². The third-order valence-corrected chi connectivity index (χ3v) is 5.56. The second kappa shape index (κ2) is 9.07. The van der Waals surface area contributed by atoms with Crippen LogP contribution in [0.15, 0.2) is 85.2 Å². The summed E-state index contributed by atoms with van der Waals surface area (Å²) < 4.78 is 10.8. The molecule has 0 aliphatic rings. The lowest BCUT2D eigenvalue weighted by atomic mass is 10.0. The molecule has 7 nitrogen and oxygen atoms in total. The van der Waals surface area contributed by atoms with Gasteiger partial charge in [-0.3, -0.25) is 4.79 Å². The average molecular weight is 450 g/mol. The summed E-state index contributed by atoms with van der Waals surface area (Å²) in [5.41, 5.74) is 2.93. The topological polar surface area (TPSA) is 85.4 Å². The monoisotopic (exact) mass is 450 g/mol. The molecule has 0 radical (unpaired) electrons. The average Bonchev–Trinajstić information content (AvgIpc) is 2.88. The van der Waals surface area contributed by atoms with Gasteiger partial charge >= 0.3 is 0 Å². The van der Waals surface area contributed by atoms with Crippen LogP contribution in [0.4, 0.5) is 17.2 Å². The molecule has 5 aromatic rings. The summed E-state index contributed by atoms with van der Waals surface area (Å²) in [6, 6.07) is 24.6. The third-order valence-electron chi connectivity index (χ3n) is 5.56. The third kappa shape index (κ3) is 4.06. The lowest BCUT2D eigenvalue weighted by molar-refractivity contribution is 0.102. The molecule has 0 fully saturated rings. The summed E-state index contributed by atoms with van der Waals surface area (Å²) in [4.78, 5) is 21.7. The Kier molecular flexibility index (Phi) is 5.66. The highest BCUT2D eigenvalue weighted by molar-refractivity contribution is 6.13. The zero-order valence-corrected chi connectivity index (χ0v) is 18.7. The van der Waals surface area contributed by atoms with Gasteiger partial charge < -0.3 is 20.1 Å². The number of benzene rings is 4. The van der Waals surface area contributed by atoms with Crippen molar-refractivity contribution in [3.8, 4) is 11.5 Å². The van der Waals surface area contributed by atoms with Crippen LogP contribution in [0.2, 0.25) is 0 Å². The number of anilines is 3. The summed E-state index contributed by atoms with van der Waals surface area (Å²) in [6.07, 6.45) is 1.50. The molecule has 0 unspecified atom stereocenters. The van der Waals surface area contributed by atoms with Gasteiger partial charge in [0.2, 0.25) is 0 Å². The van der Waals surface area contributed by atoms with E-state index >= 15 is 0 Å². The van der Waals surface area contributed by atoms with Crippen LogP contribution in [0.5, 0.6) is 11.5 Å². The smallest absolute Gasteiger partial charge is 0.256 e. The molecule has 0 spiro atoms. The van der Waals surface area contributed by atoms with Crippen molar-refractivity contribution in [2.75, 3.05) is 24.9 Å². The Balaban J connectivity index is 1.48. The summed E-state index contributed by atoms with van der Waals surface area (Å²) in [6.45, 7) is 0. The zero-order valence-electron chi connectivity index (χ0n) is 18.7. The molecule has 2 N–H and O–H groups in total. The van der Waals surface area contributed by atoms with E-state index in [1.807, 2.05) is 78.9 Å². The predicted octanol–water partition coefficient (Wildman–Crippen LogP) is 5.80. The number of methoxy groups -OCH3 is 2. The van der Waals surface area contributed by atoms with Crippen LogP contribution in [0.1, 0.15) is 10.4 Å². The first-order valence-electron chi connectivity index (χ1n) is 10.7. The number of carbonyl (C=O) groups excluding carboxylic acids is 1. The molecule has 0 saturated heterocycles. The lowest BCUT2D eigenvalue weighted by Gasteiger charge is -2.13. The first-order chi connectivity index (χ1) is 16.7. The van der Waals surface area contributed by atoms with E-state index in [1.54, 1.807) is 14.2 Å². The van der Waals surface area contributed by atoms with Gasteiger partial charge in [0.15, 0.2) is 11.5 Å². The lowest BCUT2D eigenvalue weighted by Crippen LogP contribution is -2.12. The van der Waals surface area contributed by atoms with Gasteiger partial charge in [0, 0.05) is 28.4 Å². The van der Waals surface area contributed by atoms with Gasteiger partial charge in [0.05, 0.1) is 19.7 Å². The van der Waals surface area contributed by atoms with Crippen LogP contribution in [-0.4, -0.2) is 30.1 Å². The van der Waals surface area contributed by atoms with Crippen LogP contribution in [0.25, 0.3) is 21.7 Å². The molecule has 1 heterocycles. The van der Waals surface area contributed by atoms with Crippen molar-refractivity contribution in [1.29, 1.82) is 0 Å². The first-order valence-corrected chi connectivity index (χ1v) is 10.7. The summed E-state index contributed by atoms with van der Waals surface area (Å²) in [5, 5.41) is 8.92. The maximum atomic E-state index is 12.9. The van der Waals surface area contributed by atoms with Gasteiger partial charge in [-0.1, -0.05) is 36.4 Å². The highest BCUT2D eigenvalue weighted by Gasteiger charge is 2.13. The SMILES string of the molecule is COc1cc2ncnc(Nc3ccc4c(C(=O)Nc5ccccc5)cccc4c3)c2cc1OC. The number of fused-ring (bicyclic) bond motifs is 2. The van der Waals surface area contributed by atoms with Crippen molar-refractivity contribution in [2.45, 2.75) is 0 Å². The number of hydrogen-bond donors (Lipinski definition) is 2. The fourth-order valence-corrected chi connectivity index (χ4v) is 3.90. The Morgan fingerprint density at radius 1 is 0.765 bits per heavy atom. The molecule has 0 atom stereocenters. The fraction of sp³-hybridized carbons (Fsp3) is 0.0741. The molecule has 4 aromatic carbocycles. The minimum Gasteiger partial charge on any atom is -0.493 e. The normalized spacial score (nSPS) is 10.8. The van der Waals surface area contributed by atoms with Crippen LogP contribution in [0, 0.1) is 0 Å². The largest absolute Gasteiger partial charge is 0.493 e. The number of nitrogens with zero attached hydrogens (tertiary/aromatic N) is 2. The number of nitrogens with one attached hydrogen (secondary N) is 2. The molecule has 0 aliphatic heterocycles. The standard InChI is InChI=1S/C27H22N4O3/c1-33-24-14-22-23(15-25(24)34-2)28-16-29-26(22)30-19-11-12-20-17(13-19)7-6-10-21(20)27(32)31-18-8-4-3-5-9-18/h3-16H,1-2H3,(H,31,32)(H,28,29,30). The number of ether oxygens (including phenoxy) is 2. The van der Waals surface area contributed by atoms with Crippen molar-refractivity contribution in [3.05, 3.63) is 90.8 Å². The molecule has 1 aromatic heterocycles. The molecular weight excluding hydrogens is 428 g/mol. The van der Waals surface area contributed by atoms with Gasteiger partial charge in [0.25, 0.3) is 5.91 Å². The van der Waals surface area contributed by atoms with Gasteiger partial charge in [-0.15, -0.1) is 0 Å². The van der Waals surface area contributed by atoms with E-state index in [2.05, 4.69) is 20.6 Å². The van der Waals surface area contributed by atoms with E-state index < -0.39 is 0 Å². The molecule has 34 heavy (non-hydrogen) atoms. The Morgan fingerprint density at radius 3 is 2.35 bits per heavy atom. The molecule has 0 saturated carbocycles. The maximum absolute atomic E-state index is 12.9. The number of hydrogen-bond acceptors (Lipinski definition) is 6. The maximum Gasteiger partial charge on any atom is 0.256 e. The highest BCUT2D eigenvalue weighted by atomic mass is 16.5. The minimum atomic E-state index is -0.152.